The highest BCUT2D eigenvalue weighted by molar-refractivity contribution is 9.09. The zero-order valence-corrected chi connectivity index (χ0v) is 9.62. The molecule has 1 heterocycles. The van der Waals surface area contributed by atoms with Gasteiger partial charge in [-0.2, -0.15) is 0 Å². The summed E-state index contributed by atoms with van der Waals surface area (Å²) in [6.45, 7) is 2.19. The van der Waals surface area contributed by atoms with Crippen LogP contribution in [0.3, 0.4) is 0 Å². The Morgan fingerprint density at radius 3 is 2.75 bits per heavy atom. The average molecular weight is 245 g/mol. The van der Waals surface area contributed by atoms with Crippen LogP contribution in [0.25, 0.3) is 0 Å². The van der Waals surface area contributed by atoms with Crippen molar-refractivity contribution < 1.29 is 0 Å². The van der Waals surface area contributed by atoms with Crippen LogP contribution in [-0.4, -0.2) is 4.83 Å². The van der Waals surface area contributed by atoms with Gasteiger partial charge in [0.15, 0.2) is 0 Å². The van der Waals surface area contributed by atoms with Gasteiger partial charge in [-0.15, -0.1) is 11.3 Å². The Morgan fingerprint density at radius 1 is 1.42 bits per heavy atom. The van der Waals surface area contributed by atoms with Crippen molar-refractivity contribution >= 4 is 27.3 Å². The molecule has 0 saturated heterocycles. The van der Waals surface area contributed by atoms with Crippen LogP contribution in [-0.2, 0) is 0 Å². The Kier molecular flexibility index (Phi) is 2.56. The van der Waals surface area contributed by atoms with Crippen molar-refractivity contribution in [1.29, 1.82) is 0 Å². The smallest absolute Gasteiger partial charge is 0.0152 e. The number of rotatable bonds is 1. The van der Waals surface area contributed by atoms with Gasteiger partial charge in [0.2, 0.25) is 0 Å². The van der Waals surface area contributed by atoms with Gasteiger partial charge in [-0.05, 0) is 44.2 Å². The number of alkyl halides is 1. The SMILES string of the molecule is Cc1ccc(C2CCC(Br)C2)s1. The molecule has 12 heavy (non-hydrogen) atoms. The van der Waals surface area contributed by atoms with Crippen molar-refractivity contribution in [2.24, 2.45) is 0 Å². The summed E-state index contributed by atoms with van der Waals surface area (Å²) >= 11 is 5.65. The molecule has 0 spiro atoms. The molecule has 66 valence electrons. The molecule has 1 aromatic rings. The summed E-state index contributed by atoms with van der Waals surface area (Å²) in [6, 6.07) is 4.54. The molecule has 0 amide bonds. The molecule has 0 bridgehead atoms. The first-order chi connectivity index (χ1) is 5.75. The molecule has 1 aliphatic carbocycles. The lowest BCUT2D eigenvalue weighted by Crippen LogP contribution is -1.90. The summed E-state index contributed by atoms with van der Waals surface area (Å²) < 4.78 is 0. The molecule has 0 N–H and O–H groups in total. The van der Waals surface area contributed by atoms with Gasteiger partial charge >= 0.3 is 0 Å². The number of aryl methyl sites for hydroxylation is 1. The third-order valence-electron chi connectivity index (χ3n) is 2.53. The number of halogens is 1. The minimum absolute atomic E-state index is 0.768. The Hall–Kier alpha value is 0.180. The second kappa shape index (κ2) is 3.51. The minimum Gasteiger partial charge on any atom is -0.145 e. The Bertz CT molecular complexity index is 267. The van der Waals surface area contributed by atoms with E-state index in [1.165, 1.54) is 24.1 Å². The molecule has 1 aliphatic rings. The summed E-state index contributed by atoms with van der Waals surface area (Å²) in [4.78, 5) is 3.81. The average Bonchev–Trinajstić information content (AvgIpc) is 2.58. The van der Waals surface area contributed by atoms with Crippen LogP contribution >= 0.6 is 27.3 Å². The van der Waals surface area contributed by atoms with Crippen LogP contribution in [0, 0.1) is 6.92 Å². The molecule has 0 radical (unpaired) electrons. The van der Waals surface area contributed by atoms with E-state index in [-0.39, 0.29) is 0 Å². The van der Waals surface area contributed by atoms with Gasteiger partial charge in [0, 0.05) is 14.6 Å². The number of hydrogen-bond acceptors (Lipinski definition) is 1. The van der Waals surface area contributed by atoms with Gasteiger partial charge in [-0.25, -0.2) is 0 Å². The summed E-state index contributed by atoms with van der Waals surface area (Å²) in [5, 5.41) is 0. The fourth-order valence-corrected chi connectivity index (χ4v) is 3.60. The lowest BCUT2D eigenvalue weighted by atomic mass is 10.1. The Balaban J connectivity index is 2.11. The number of hydrogen-bond donors (Lipinski definition) is 0. The normalized spacial score (nSPS) is 29.5. The molecule has 1 aromatic heterocycles. The summed E-state index contributed by atoms with van der Waals surface area (Å²) in [5.74, 6) is 0.841. The predicted molar refractivity (Wildman–Crippen MR) is 58.4 cm³/mol. The highest BCUT2D eigenvalue weighted by Crippen LogP contribution is 2.40. The second-order valence-electron chi connectivity index (χ2n) is 3.56. The molecular weight excluding hydrogens is 232 g/mol. The molecule has 2 unspecified atom stereocenters. The molecule has 1 fully saturated rings. The van der Waals surface area contributed by atoms with Gasteiger partial charge in [-0.3, -0.25) is 0 Å². The van der Waals surface area contributed by atoms with E-state index >= 15 is 0 Å². The summed E-state index contributed by atoms with van der Waals surface area (Å²) in [7, 11) is 0. The first kappa shape index (κ1) is 8.76. The van der Waals surface area contributed by atoms with E-state index in [9.17, 15) is 0 Å². The zero-order chi connectivity index (χ0) is 8.55. The van der Waals surface area contributed by atoms with Crippen LogP contribution in [0.2, 0.25) is 0 Å². The molecule has 2 heteroatoms. The van der Waals surface area contributed by atoms with Crippen molar-refractivity contribution in [1.82, 2.24) is 0 Å². The van der Waals surface area contributed by atoms with Gasteiger partial charge in [0.1, 0.15) is 0 Å². The maximum atomic E-state index is 3.69. The molecule has 0 aromatic carbocycles. The van der Waals surface area contributed by atoms with Crippen LogP contribution in [0.5, 0.6) is 0 Å². The van der Waals surface area contributed by atoms with E-state index in [1.807, 2.05) is 11.3 Å². The quantitative estimate of drug-likeness (QED) is 0.654. The predicted octanol–water partition coefficient (Wildman–Crippen LogP) is 4.09. The third kappa shape index (κ3) is 1.74. The maximum absolute atomic E-state index is 3.69. The van der Waals surface area contributed by atoms with Crippen molar-refractivity contribution in [3.8, 4) is 0 Å². The molecule has 2 atom stereocenters. The van der Waals surface area contributed by atoms with E-state index in [0.717, 1.165) is 10.7 Å². The lowest BCUT2D eigenvalue weighted by molar-refractivity contribution is 0.740. The standard InChI is InChI=1S/C10H13BrS/c1-7-2-5-10(12-7)8-3-4-9(11)6-8/h2,5,8-9H,3-4,6H2,1H3. The van der Waals surface area contributed by atoms with E-state index in [4.69, 9.17) is 0 Å². The van der Waals surface area contributed by atoms with Crippen LogP contribution in [0.1, 0.15) is 34.9 Å². The van der Waals surface area contributed by atoms with E-state index in [2.05, 4.69) is 35.0 Å². The van der Waals surface area contributed by atoms with Gasteiger partial charge in [0.25, 0.3) is 0 Å². The topological polar surface area (TPSA) is 0 Å². The van der Waals surface area contributed by atoms with E-state index < -0.39 is 0 Å². The third-order valence-corrected chi connectivity index (χ3v) is 4.53. The van der Waals surface area contributed by atoms with Crippen molar-refractivity contribution in [3.05, 3.63) is 21.9 Å². The van der Waals surface area contributed by atoms with Gasteiger partial charge in [0.05, 0.1) is 0 Å². The molecule has 0 aliphatic heterocycles. The molecule has 1 saturated carbocycles. The van der Waals surface area contributed by atoms with Crippen LogP contribution < -0.4 is 0 Å². The first-order valence-electron chi connectivity index (χ1n) is 4.46. The summed E-state index contributed by atoms with van der Waals surface area (Å²) in [6.07, 6.45) is 4.05. The highest BCUT2D eigenvalue weighted by atomic mass is 79.9. The monoisotopic (exact) mass is 244 g/mol. The fraction of sp³-hybridized carbons (Fsp3) is 0.600. The van der Waals surface area contributed by atoms with E-state index in [1.54, 1.807) is 4.88 Å². The van der Waals surface area contributed by atoms with Crippen LogP contribution in [0.15, 0.2) is 12.1 Å². The van der Waals surface area contributed by atoms with Crippen molar-refractivity contribution in [2.45, 2.75) is 36.9 Å². The van der Waals surface area contributed by atoms with E-state index in [0.29, 0.717) is 0 Å². The van der Waals surface area contributed by atoms with Crippen molar-refractivity contribution in [3.63, 3.8) is 0 Å². The van der Waals surface area contributed by atoms with Gasteiger partial charge in [-0.1, -0.05) is 15.9 Å². The minimum atomic E-state index is 0.768. The molecule has 0 nitrogen and oxygen atoms in total. The molecular formula is C10H13BrS. The maximum Gasteiger partial charge on any atom is 0.0152 e. The number of thiophene rings is 1. The van der Waals surface area contributed by atoms with Crippen molar-refractivity contribution in [2.75, 3.05) is 0 Å². The van der Waals surface area contributed by atoms with Gasteiger partial charge < -0.3 is 0 Å². The highest BCUT2D eigenvalue weighted by Gasteiger charge is 2.24. The lowest BCUT2D eigenvalue weighted by Gasteiger charge is -2.04. The largest absolute Gasteiger partial charge is 0.145 e. The Morgan fingerprint density at radius 2 is 2.25 bits per heavy atom. The first-order valence-corrected chi connectivity index (χ1v) is 6.19. The zero-order valence-electron chi connectivity index (χ0n) is 7.22. The fourth-order valence-electron chi connectivity index (χ4n) is 1.86. The van der Waals surface area contributed by atoms with Crippen LogP contribution in [0.4, 0.5) is 0 Å². The summed E-state index contributed by atoms with van der Waals surface area (Å²) in [5.41, 5.74) is 0. The second-order valence-corrected chi connectivity index (χ2v) is 6.17. The molecule has 2 rings (SSSR count). The Labute approximate surface area is 86.1 Å².